The maximum absolute atomic E-state index is 11.6. The molecule has 2 aromatic rings. The Morgan fingerprint density at radius 3 is 2.09 bits per heavy atom. The highest BCUT2D eigenvalue weighted by Gasteiger charge is 2.08. The summed E-state index contributed by atoms with van der Waals surface area (Å²) in [5.74, 6) is 0.242. The van der Waals surface area contributed by atoms with Crippen molar-refractivity contribution in [2.75, 3.05) is 7.05 Å². The molecule has 0 saturated heterocycles. The Labute approximate surface area is 139 Å². The Morgan fingerprint density at radius 1 is 1.04 bits per heavy atom. The van der Waals surface area contributed by atoms with Crippen molar-refractivity contribution in [3.05, 3.63) is 59.0 Å². The molecule has 118 valence electrons. The van der Waals surface area contributed by atoms with Crippen LogP contribution in [0.25, 0.3) is 17.2 Å². The number of nitrogens with zero attached hydrogens (tertiary/aromatic N) is 1. The summed E-state index contributed by atoms with van der Waals surface area (Å²) in [6, 6.07) is 14.9. The highest BCUT2D eigenvalue weighted by Crippen LogP contribution is 2.25. The molecule has 0 saturated carbocycles. The number of allylic oxidation sites excluding steroid dienone is 1. The van der Waals surface area contributed by atoms with Crippen LogP contribution in [0.15, 0.2) is 53.4 Å². The molecule has 0 heterocycles. The molecule has 1 N–H and O–H groups in total. The molecule has 0 radical (unpaired) electrons. The van der Waals surface area contributed by atoms with Crippen molar-refractivity contribution in [2.24, 2.45) is 0 Å². The molecule has 2 aromatic carbocycles. The Morgan fingerprint density at radius 2 is 1.57 bits per heavy atom. The summed E-state index contributed by atoms with van der Waals surface area (Å²) >= 11 is 1.02. The number of carbonyl (C=O) groups excluding carboxylic acids is 2. The maximum atomic E-state index is 11.6. The van der Waals surface area contributed by atoms with Crippen LogP contribution in [0.2, 0.25) is 0 Å². The first kappa shape index (κ1) is 16.8. The minimum Gasteiger partial charge on any atom is -0.508 e. The smallest absolute Gasteiger partial charge is 0.292 e. The normalized spacial score (nSPS) is 11.1. The van der Waals surface area contributed by atoms with E-state index in [1.54, 1.807) is 12.1 Å². The van der Waals surface area contributed by atoms with Crippen LogP contribution < -0.4 is 0 Å². The maximum Gasteiger partial charge on any atom is 0.292 e. The number of amides is 2. The zero-order valence-electron chi connectivity index (χ0n) is 12.9. The predicted octanol–water partition coefficient (Wildman–Crippen LogP) is 4.36. The molecule has 0 unspecified atom stereocenters. The van der Waals surface area contributed by atoms with E-state index in [1.165, 1.54) is 7.05 Å². The molecule has 0 bridgehead atoms. The quantitative estimate of drug-likeness (QED) is 0.848. The second kappa shape index (κ2) is 7.65. The van der Waals surface area contributed by atoms with Crippen LogP contribution in [-0.4, -0.2) is 28.7 Å². The van der Waals surface area contributed by atoms with Gasteiger partial charge in [0.25, 0.3) is 5.24 Å². The lowest BCUT2D eigenvalue weighted by molar-refractivity contribution is -0.114. The van der Waals surface area contributed by atoms with Gasteiger partial charge in [0.1, 0.15) is 5.75 Å². The molecule has 5 heteroatoms. The van der Waals surface area contributed by atoms with Gasteiger partial charge in [-0.2, -0.15) is 0 Å². The summed E-state index contributed by atoms with van der Waals surface area (Å²) in [5, 5.41) is 9.00. The van der Waals surface area contributed by atoms with E-state index in [2.05, 4.69) is 0 Å². The third-order valence-corrected chi connectivity index (χ3v) is 4.08. The van der Waals surface area contributed by atoms with Crippen LogP contribution in [0.3, 0.4) is 0 Å². The van der Waals surface area contributed by atoms with Gasteiger partial charge in [0.05, 0.1) is 0 Å². The van der Waals surface area contributed by atoms with Crippen LogP contribution in [0.4, 0.5) is 4.79 Å². The lowest BCUT2D eigenvalue weighted by atomic mass is 10.0. The van der Waals surface area contributed by atoms with Crippen LogP contribution in [0.5, 0.6) is 5.75 Å². The Balaban J connectivity index is 2.10. The second-order valence-electron chi connectivity index (χ2n) is 5.01. The highest BCUT2D eigenvalue weighted by atomic mass is 32.2. The van der Waals surface area contributed by atoms with Gasteiger partial charge in [-0.15, -0.1) is 0 Å². The van der Waals surface area contributed by atoms with E-state index in [0.717, 1.165) is 38.3 Å². The van der Waals surface area contributed by atoms with Crippen LogP contribution in [-0.2, 0) is 4.79 Å². The number of rotatable bonds is 4. The van der Waals surface area contributed by atoms with Gasteiger partial charge in [-0.25, -0.2) is 0 Å². The summed E-state index contributed by atoms with van der Waals surface area (Å²) in [5.41, 5.74) is 3.04. The summed E-state index contributed by atoms with van der Waals surface area (Å²) in [4.78, 5) is 24.0. The average molecular weight is 327 g/mol. The van der Waals surface area contributed by atoms with E-state index in [1.807, 2.05) is 49.4 Å². The molecule has 0 aliphatic rings. The first-order valence-electron chi connectivity index (χ1n) is 6.97. The molecule has 23 heavy (non-hydrogen) atoms. The van der Waals surface area contributed by atoms with Crippen molar-refractivity contribution in [1.82, 2.24) is 4.90 Å². The fourth-order valence-electron chi connectivity index (χ4n) is 1.94. The summed E-state index contributed by atoms with van der Waals surface area (Å²) in [7, 11) is 1.43. The highest BCUT2D eigenvalue weighted by molar-refractivity contribution is 8.16. The van der Waals surface area contributed by atoms with Gasteiger partial charge in [-0.05, 0) is 58.5 Å². The predicted molar refractivity (Wildman–Crippen MR) is 94.0 cm³/mol. The number of thioether (sulfide) groups is 1. The van der Waals surface area contributed by atoms with Gasteiger partial charge < -0.3 is 5.11 Å². The van der Waals surface area contributed by atoms with E-state index >= 15 is 0 Å². The fourth-order valence-corrected chi connectivity index (χ4v) is 2.60. The van der Waals surface area contributed by atoms with Crippen molar-refractivity contribution in [1.29, 1.82) is 0 Å². The molecule has 2 amide bonds. The van der Waals surface area contributed by atoms with Gasteiger partial charge in [0, 0.05) is 7.05 Å². The molecule has 0 aliphatic heterocycles. The number of aromatic hydroxyl groups is 1. The van der Waals surface area contributed by atoms with E-state index < -0.39 is 0 Å². The van der Waals surface area contributed by atoms with Gasteiger partial charge in [-0.3, -0.25) is 14.5 Å². The topological polar surface area (TPSA) is 57.6 Å². The van der Waals surface area contributed by atoms with Gasteiger partial charge in [0.15, 0.2) is 0 Å². The largest absolute Gasteiger partial charge is 0.508 e. The number of phenols is 1. The average Bonchev–Trinajstić information content (AvgIpc) is 2.55. The minimum atomic E-state index is -0.311. The minimum absolute atomic E-state index is 0.242. The van der Waals surface area contributed by atoms with Crippen molar-refractivity contribution >= 4 is 29.5 Å². The summed E-state index contributed by atoms with van der Waals surface area (Å²) in [6.07, 6.45) is 2.39. The number of benzene rings is 2. The molecule has 0 aliphatic carbocycles. The molecule has 0 fully saturated rings. The third kappa shape index (κ3) is 4.72. The van der Waals surface area contributed by atoms with Gasteiger partial charge in [-0.1, -0.05) is 36.4 Å². The monoisotopic (exact) mass is 327 g/mol. The van der Waals surface area contributed by atoms with E-state index in [4.69, 9.17) is 0 Å². The fraction of sp³-hybridized carbons (Fsp3) is 0.111. The number of phenolic OH excluding ortho intramolecular Hbond substituents is 1. The summed E-state index contributed by atoms with van der Waals surface area (Å²) in [6.45, 7) is 1.83. The second-order valence-corrected chi connectivity index (χ2v) is 6.21. The molecule has 0 spiro atoms. The lowest BCUT2D eigenvalue weighted by Crippen LogP contribution is -2.20. The molecule has 4 nitrogen and oxygen atoms in total. The zero-order chi connectivity index (χ0) is 16.8. The number of hydrogen-bond donors (Lipinski definition) is 1. The SMILES string of the molecule is C/C(=C/c1ccc(-c2ccc(O)cc2)cc1)SC(=O)N(C)C=O. The van der Waals surface area contributed by atoms with Gasteiger partial charge >= 0.3 is 0 Å². The first-order valence-corrected chi connectivity index (χ1v) is 7.79. The zero-order valence-corrected chi connectivity index (χ0v) is 13.7. The number of hydrogen-bond acceptors (Lipinski definition) is 4. The first-order chi connectivity index (χ1) is 11.0. The van der Waals surface area contributed by atoms with E-state index in [0.29, 0.717) is 6.41 Å². The van der Waals surface area contributed by atoms with Crippen LogP contribution >= 0.6 is 11.8 Å². The molecular formula is C18H17NO3S. The van der Waals surface area contributed by atoms with E-state index in [9.17, 15) is 14.7 Å². The van der Waals surface area contributed by atoms with Crippen molar-refractivity contribution in [3.63, 3.8) is 0 Å². The summed E-state index contributed by atoms with van der Waals surface area (Å²) < 4.78 is 0. The van der Waals surface area contributed by atoms with Gasteiger partial charge in [0.2, 0.25) is 6.41 Å². The van der Waals surface area contributed by atoms with Crippen molar-refractivity contribution in [3.8, 4) is 16.9 Å². The van der Waals surface area contributed by atoms with Crippen molar-refractivity contribution in [2.45, 2.75) is 6.92 Å². The van der Waals surface area contributed by atoms with Crippen molar-refractivity contribution < 1.29 is 14.7 Å². The Kier molecular flexibility index (Phi) is 5.60. The molecule has 2 rings (SSSR count). The molecule has 0 aromatic heterocycles. The molecular weight excluding hydrogens is 310 g/mol. The number of imide groups is 1. The number of carbonyl (C=O) groups is 2. The third-order valence-electron chi connectivity index (χ3n) is 3.18. The molecule has 0 atom stereocenters. The standard InChI is InChI=1S/C18H17NO3S/c1-13(23-18(22)19(2)12-20)11-14-3-5-15(6-4-14)16-7-9-17(21)10-8-16/h3-12,21H,1-2H3/b13-11-. The Hall–Kier alpha value is -2.53. The van der Waals surface area contributed by atoms with E-state index in [-0.39, 0.29) is 11.0 Å². The Bertz CT molecular complexity index is 721. The lowest BCUT2D eigenvalue weighted by Gasteiger charge is -2.08. The van der Waals surface area contributed by atoms with Crippen LogP contribution in [0, 0.1) is 0 Å². The van der Waals surface area contributed by atoms with Crippen LogP contribution in [0.1, 0.15) is 12.5 Å².